The number of rotatable bonds is 18. The summed E-state index contributed by atoms with van der Waals surface area (Å²) in [5.74, 6) is -1.81. The molecule has 1 aromatic carbocycles. The Kier molecular flexibility index (Phi) is 14.9. The highest BCUT2D eigenvalue weighted by atomic mass is 16.5. The van der Waals surface area contributed by atoms with E-state index in [2.05, 4.69) is 23.8 Å². The number of benzene rings is 1. The quantitative estimate of drug-likeness (QED) is 0.175. The minimum atomic E-state index is -0.567. The number of hydrogen-bond donors (Lipinski definition) is 3. The van der Waals surface area contributed by atoms with E-state index >= 15 is 0 Å². The van der Waals surface area contributed by atoms with Gasteiger partial charge in [0.2, 0.25) is 11.8 Å². The number of carbonyl (C=O) groups is 3. The van der Waals surface area contributed by atoms with E-state index in [0.717, 1.165) is 5.56 Å². The largest absolute Gasteiger partial charge is 0.464 e. The van der Waals surface area contributed by atoms with E-state index in [9.17, 15) is 14.4 Å². The Morgan fingerprint density at radius 1 is 0.939 bits per heavy atom. The molecular weight excluding hydrogens is 424 g/mol. The van der Waals surface area contributed by atoms with Crippen molar-refractivity contribution in [1.82, 2.24) is 10.6 Å². The molecule has 8 nitrogen and oxygen atoms in total. The van der Waals surface area contributed by atoms with Crippen LogP contribution in [0.2, 0.25) is 0 Å². The van der Waals surface area contributed by atoms with E-state index in [4.69, 9.17) is 14.6 Å². The van der Waals surface area contributed by atoms with Crippen LogP contribution in [-0.4, -0.2) is 62.4 Å². The van der Waals surface area contributed by atoms with Crippen molar-refractivity contribution in [3.8, 4) is 0 Å². The number of esters is 1. The third kappa shape index (κ3) is 12.6. The zero-order valence-corrected chi connectivity index (χ0v) is 19.2. The van der Waals surface area contributed by atoms with E-state index < -0.39 is 5.92 Å². The molecule has 1 rings (SSSR count). The molecule has 0 fully saturated rings. The van der Waals surface area contributed by atoms with Gasteiger partial charge in [0.15, 0.2) is 0 Å². The molecule has 2 atom stereocenters. The molecule has 0 saturated carbocycles. The molecule has 0 bridgehead atoms. The maximum atomic E-state index is 12.5. The van der Waals surface area contributed by atoms with E-state index in [1.807, 2.05) is 30.3 Å². The Hall–Kier alpha value is -2.97. The highest BCUT2D eigenvalue weighted by Gasteiger charge is 2.22. The van der Waals surface area contributed by atoms with Crippen LogP contribution in [0, 0.1) is 11.8 Å². The number of aliphatic hydroxyl groups is 1. The van der Waals surface area contributed by atoms with Crippen LogP contribution in [-0.2, 0) is 30.3 Å². The standard InChI is InChI=1S/C25H36N2O6/c1-3-8-21(19-23(29)26-12-15-32-17-14-28)24(30)27-13-16-33-25(31)22(9-4-2)18-20-10-6-5-7-11-20/h3-7,10-11,21-22,28H,1-2,8-9,12-19H2,(H,26,29)(H,27,30)/t21-,22-/m1/s1. The van der Waals surface area contributed by atoms with Crippen molar-refractivity contribution in [2.75, 3.05) is 39.5 Å². The van der Waals surface area contributed by atoms with E-state index in [1.165, 1.54) is 0 Å². The van der Waals surface area contributed by atoms with Crippen molar-refractivity contribution in [1.29, 1.82) is 0 Å². The molecule has 0 aromatic heterocycles. The van der Waals surface area contributed by atoms with Crippen molar-refractivity contribution >= 4 is 17.8 Å². The number of allylic oxidation sites excluding steroid dienone is 2. The zero-order chi connectivity index (χ0) is 24.3. The highest BCUT2D eigenvalue weighted by molar-refractivity contribution is 5.85. The minimum Gasteiger partial charge on any atom is -0.464 e. The van der Waals surface area contributed by atoms with Gasteiger partial charge in [-0.05, 0) is 24.8 Å². The van der Waals surface area contributed by atoms with Crippen LogP contribution in [0.4, 0.5) is 0 Å². The zero-order valence-electron chi connectivity index (χ0n) is 19.2. The van der Waals surface area contributed by atoms with Crippen LogP contribution < -0.4 is 10.6 Å². The lowest BCUT2D eigenvalue weighted by Gasteiger charge is -2.17. The molecule has 33 heavy (non-hydrogen) atoms. The van der Waals surface area contributed by atoms with E-state index in [-0.39, 0.29) is 63.1 Å². The number of carbonyl (C=O) groups excluding carboxylic acids is 3. The second-order valence-electron chi connectivity index (χ2n) is 7.48. The Labute approximate surface area is 196 Å². The molecule has 2 amide bonds. The molecule has 0 spiro atoms. The maximum Gasteiger partial charge on any atom is 0.309 e. The first-order chi connectivity index (χ1) is 16.0. The van der Waals surface area contributed by atoms with Gasteiger partial charge in [0, 0.05) is 13.0 Å². The Morgan fingerprint density at radius 3 is 2.27 bits per heavy atom. The van der Waals surface area contributed by atoms with Gasteiger partial charge in [-0.1, -0.05) is 42.5 Å². The van der Waals surface area contributed by atoms with Crippen molar-refractivity contribution in [2.45, 2.75) is 25.7 Å². The van der Waals surface area contributed by atoms with Gasteiger partial charge < -0.3 is 25.2 Å². The fraction of sp³-hybridized carbons (Fsp3) is 0.480. The van der Waals surface area contributed by atoms with Crippen molar-refractivity contribution in [3.63, 3.8) is 0 Å². The van der Waals surface area contributed by atoms with Gasteiger partial charge in [0.1, 0.15) is 6.61 Å². The summed E-state index contributed by atoms with van der Waals surface area (Å²) in [5.41, 5.74) is 1.04. The van der Waals surface area contributed by atoms with Crippen LogP contribution in [0.1, 0.15) is 24.8 Å². The predicted molar refractivity (Wildman–Crippen MR) is 126 cm³/mol. The molecule has 0 unspecified atom stereocenters. The third-order valence-electron chi connectivity index (χ3n) is 4.81. The summed E-state index contributed by atoms with van der Waals surface area (Å²) in [4.78, 5) is 37.0. The molecule has 0 aliphatic heterocycles. The average molecular weight is 461 g/mol. The van der Waals surface area contributed by atoms with Gasteiger partial charge >= 0.3 is 5.97 Å². The third-order valence-corrected chi connectivity index (χ3v) is 4.81. The van der Waals surface area contributed by atoms with Crippen LogP contribution in [0.25, 0.3) is 0 Å². The van der Waals surface area contributed by atoms with Gasteiger partial charge in [-0.3, -0.25) is 14.4 Å². The average Bonchev–Trinajstić information content (AvgIpc) is 2.81. The number of hydrogen-bond acceptors (Lipinski definition) is 6. The van der Waals surface area contributed by atoms with Crippen LogP contribution in [0.5, 0.6) is 0 Å². The van der Waals surface area contributed by atoms with Crippen LogP contribution in [0.15, 0.2) is 55.6 Å². The Balaban J connectivity index is 2.39. The highest BCUT2D eigenvalue weighted by Crippen LogP contribution is 2.15. The molecule has 0 heterocycles. The summed E-state index contributed by atoms with van der Waals surface area (Å²) in [7, 11) is 0. The van der Waals surface area contributed by atoms with Gasteiger partial charge in [-0.25, -0.2) is 0 Å². The topological polar surface area (TPSA) is 114 Å². The normalized spacial score (nSPS) is 12.3. The van der Waals surface area contributed by atoms with Gasteiger partial charge in [-0.15, -0.1) is 13.2 Å². The number of aliphatic hydroxyl groups excluding tert-OH is 1. The lowest BCUT2D eigenvalue weighted by Crippen LogP contribution is -2.37. The monoisotopic (exact) mass is 460 g/mol. The van der Waals surface area contributed by atoms with Gasteiger partial charge in [0.05, 0.1) is 38.2 Å². The molecule has 0 aliphatic carbocycles. The summed E-state index contributed by atoms with van der Waals surface area (Å²) in [6.45, 7) is 8.27. The predicted octanol–water partition coefficient (Wildman–Crippen LogP) is 1.79. The molecule has 1 aromatic rings. The molecule has 182 valence electrons. The van der Waals surface area contributed by atoms with Crippen molar-refractivity contribution in [2.24, 2.45) is 11.8 Å². The number of ether oxygens (including phenoxy) is 2. The molecule has 3 N–H and O–H groups in total. The summed E-state index contributed by atoms with van der Waals surface area (Å²) >= 11 is 0. The second kappa shape index (κ2) is 17.6. The van der Waals surface area contributed by atoms with Gasteiger partial charge in [0.25, 0.3) is 0 Å². The molecule has 8 heteroatoms. The van der Waals surface area contributed by atoms with E-state index in [0.29, 0.717) is 25.8 Å². The summed E-state index contributed by atoms with van der Waals surface area (Å²) in [6, 6.07) is 9.69. The lowest BCUT2D eigenvalue weighted by molar-refractivity contribution is -0.148. The second-order valence-corrected chi connectivity index (χ2v) is 7.48. The first-order valence-corrected chi connectivity index (χ1v) is 11.2. The Morgan fingerprint density at radius 2 is 1.61 bits per heavy atom. The smallest absolute Gasteiger partial charge is 0.309 e. The maximum absolute atomic E-state index is 12.5. The summed E-state index contributed by atoms with van der Waals surface area (Å²) < 4.78 is 10.4. The molecule has 0 aliphatic rings. The molecular formula is C25H36N2O6. The Bertz CT molecular complexity index is 738. The van der Waals surface area contributed by atoms with Crippen LogP contribution >= 0.6 is 0 Å². The lowest BCUT2D eigenvalue weighted by atomic mass is 9.96. The number of nitrogens with one attached hydrogen (secondary N) is 2. The van der Waals surface area contributed by atoms with Gasteiger partial charge in [-0.2, -0.15) is 0 Å². The van der Waals surface area contributed by atoms with E-state index in [1.54, 1.807) is 12.2 Å². The fourth-order valence-electron chi connectivity index (χ4n) is 3.16. The molecule has 0 saturated heterocycles. The fourth-order valence-corrected chi connectivity index (χ4v) is 3.16. The summed E-state index contributed by atoms with van der Waals surface area (Å²) in [6.07, 6.45) is 4.70. The molecule has 0 radical (unpaired) electrons. The van der Waals surface area contributed by atoms with Crippen molar-refractivity contribution < 1.29 is 29.0 Å². The SMILES string of the molecule is C=CC[C@H](CC(=O)NCCOCCO)C(=O)NCCOC(=O)[C@H](CC=C)Cc1ccccc1. The van der Waals surface area contributed by atoms with Crippen LogP contribution in [0.3, 0.4) is 0 Å². The summed E-state index contributed by atoms with van der Waals surface area (Å²) in [5, 5.41) is 14.0. The number of amides is 2. The first kappa shape index (κ1) is 28.1. The minimum absolute atomic E-state index is 0.0100. The van der Waals surface area contributed by atoms with Crippen molar-refractivity contribution in [3.05, 3.63) is 61.2 Å². The first-order valence-electron chi connectivity index (χ1n) is 11.2.